The number of hydrogen-bond acceptors (Lipinski definition) is 3. The molecule has 0 amide bonds. The van der Waals surface area contributed by atoms with Crippen LogP contribution in [0.2, 0.25) is 0 Å². The Labute approximate surface area is 88.3 Å². The second-order valence-electron chi connectivity index (χ2n) is 2.99. The first-order valence-corrected chi connectivity index (χ1v) is 4.32. The van der Waals surface area contributed by atoms with Gasteiger partial charge >= 0.3 is 0 Å². The fourth-order valence-corrected chi connectivity index (χ4v) is 1.07. The van der Waals surface area contributed by atoms with Crippen molar-refractivity contribution < 1.29 is 14.6 Å². The minimum atomic E-state index is -0.360. The van der Waals surface area contributed by atoms with Crippen molar-refractivity contribution in [3.8, 4) is 5.75 Å². The van der Waals surface area contributed by atoms with E-state index < -0.39 is 0 Å². The Morgan fingerprint density at radius 1 is 1.40 bits per heavy atom. The van der Waals surface area contributed by atoms with Crippen LogP contribution in [0.1, 0.15) is 10.4 Å². The molecule has 0 spiro atoms. The van der Waals surface area contributed by atoms with Crippen LogP contribution in [0.4, 0.5) is 0 Å². The predicted octanol–water partition coefficient (Wildman–Crippen LogP) is 2.51. The third-order valence-electron chi connectivity index (χ3n) is 1.95. The number of methoxy groups -OCH3 is 1. The molecule has 0 radical (unpaired) electrons. The molecule has 0 unspecified atom stereocenters. The lowest BCUT2D eigenvalue weighted by molar-refractivity contribution is 0.103. The minimum Gasteiger partial charge on any atom is -0.508 e. The number of aliphatic hydroxyl groups excluding tert-OH is 1. The average molecular weight is 204 g/mol. The number of carbonyl (C=O) groups excluding carboxylic acids is 1. The maximum absolute atomic E-state index is 11.7. The SMILES string of the molecule is C=C(O)C(=C)C(=O)c1cccc(OC)c1. The summed E-state index contributed by atoms with van der Waals surface area (Å²) in [6, 6.07) is 6.63. The fourth-order valence-electron chi connectivity index (χ4n) is 1.07. The molecule has 0 saturated heterocycles. The highest BCUT2D eigenvalue weighted by Crippen LogP contribution is 2.17. The van der Waals surface area contributed by atoms with Gasteiger partial charge in [0.15, 0.2) is 5.78 Å². The molecule has 0 atom stereocenters. The number of carbonyl (C=O) groups is 1. The topological polar surface area (TPSA) is 46.5 Å². The summed E-state index contributed by atoms with van der Waals surface area (Å²) in [5.41, 5.74) is 0.401. The molecule has 1 aromatic carbocycles. The van der Waals surface area contributed by atoms with Crippen molar-refractivity contribution in [1.29, 1.82) is 0 Å². The van der Waals surface area contributed by atoms with Gasteiger partial charge in [-0.25, -0.2) is 0 Å². The van der Waals surface area contributed by atoms with Crippen molar-refractivity contribution in [2.75, 3.05) is 7.11 Å². The second kappa shape index (κ2) is 4.46. The van der Waals surface area contributed by atoms with Crippen molar-refractivity contribution in [3.63, 3.8) is 0 Å². The number of rotatable bonds is 4. The van der Waals surface area contributed by atoms with E-state index in [1.807, 2.05) is 0 Å². The fraction of sp³-hybridized carbons (Fsp3) is 0.0833. The Bertz CT molecular complexity index is 419. The van der Waals surface area contributed by atoms with E-state index in [-0.39, 0.29) is 17.1 Å². The van der Waals surface area contributed by atoms with Gasteiger partial charge in [0.25, 0.3) is 0 Å². The normalized spacial score (nSPS) is 9.40. The van der Waals surface area contributed by atoms with E-state index in [9.17, 15) is 4.79 Å². The highest BCUT2D eigenvalue weighted by atomic mass is 16.5. The number of hydrogen-bond donors (Lipinski definition) is 1. The monoisotopic (exact) mass is 204 g/mol. The molecular formula is C12H12O3. The molecule has 1 rings (SSSR count). The van der Waals surface area contributed by atoms with Crippen LogP contribution in [0, 0.1) is 0 Å². The molecular weight excluding hydrogens is 192 g/mol. The summed E-state index contributed by atoms with van der Waals surface area (Å²) in [5, 5.41) is 9.03. The maximum atomic E-state index is 11.7. The summed E-state index contributed by atoms with van der Waals surface area (Å²) in [6.07, 6.45) is 0. The molecule has 0 heterocycles. The van der Waals surface area contributed by atoms with Crippen molar-refractivity contribution in [1.82, 2.24) is 0 Å². The van der Waals surface area contributed by atoms with Crippen LogP contribution in [0.5, 0.6) is 5.75 Å². The van der Waals surface area contributed by atoms with Gasteiger partial charge < -0.3 is 9.84 Å². The number of allylic oxidation sites excluding steroid dienone is 1. The van der Waals surface area contributed by atoms with Crippen LogP contribution in [0.15, 0.2) is 48.8 Å². The predicted molar refractivity (Wildman–Crippen MR) is 58.2 cm³/mol. The summed E-state index contributed by atoms with van der Waals surface area (Å²) in [5.74, 6) is -0.0959. The lowest BCUT2D eigenvalue weighted by Gasteiger charge is -2.04. The number of aliphatic hydroxyl groups is 1. The number of ketones is 1. The molecule has 0 aliphatic rings. The van der Waals surface area contributed by atoms with Crippen LogP contribution in [0.25, 0.3) is 0 Å². The van der Waals surface area contributed by atoms with Gasteiger partial charge in [0.2, 0.25) is 0 Å². The van der Waals surface area contributed by atoms with Crippen LogP contribution in [-0.2, 0) is 0 Å². The summed E-state index contributed by atoms with van der Waals surface area (Å²) in [6.45, 7) is 6.69. The maximum Gasteiger partial charge on any atom is 0.196 e. The Morgan fingerprint density at radius 2 is 2.07 bits per heavy atom. The summed E-state index contributed by atoms with van der Waals surface area (Å²) in [4.78, 5) is 11.7. The second-order valence-corrected chi connectivity index (χ2v) is 2.99. The Hall–Kier alpha value is -2.03. The quantitative estimate of drug-likeness (QED) is 0.355. The smallest absolute Gasteiger partial charge is 0.196 e. The van der Waals surface area contributed by atoms with E-state index in [2.05, 4.69) is 13.2 Å². The van der Waals surface area contributed by atoms with Crippen LogP contribution < -0.4 is 4.74 Å². The van der Waals surface area contributed by atoms with Crippen molar-refractivity contribution in [2.24, 2.45) is 0 Å². The molecule has 3 nitrogen and oxygen atoms in total. The van der Waals surface area contributed by atoms with Gasteiger partial charge in [-0.05, 0) is 12.1 Å². The van der Waals surface area contributed by atoms with Gasteiger partial charge in [0.1, 0.15) is 11.5 Å². The molecule has 1 N–H and O–H groups in total. The van der Waals surface area contributed by atoms with Gasteiger partial charge in [-0.1, -0.05) is 25.3 Å². The van der Waals surface area contributed by atoms with Crippen molar-refractivity contribution in [2.45, 2.75) is 0 Å². The number of Topliss-reactive ketones (excluding diaryl/α,β-unsaturated/α-hetero) is 1. The van der Waals surface area contributed by atoms with Crippen molar-refractivity contribution >= 4 is 5.78 Å². The van der Waals surface area contributed by atoms with Crippen LogP contribution in [0.3, 0.4) is 0 Å². The zero-order chi connectivity index (χ0) is 11.4. The van der Waals surface area contributed by atoms with Gasteiger partial charge in [-0.2, -0.15) is 0 Å². The van der Waals surface area contributed by atoms with Gasteiger partial charge in [-0.3, -0.25) is 4.79 Å². The van der Waals surface area contributed by atoms with E-state index in [4.69, 9.17) is 9.84 Å². The first kappa shape index (κ1) is 11.0. The van der Waals surface area contributed by atoms with Crippen LogP contribution >= 0.6 is 0 Å². The van der Waals surface area contributed by atoms with Crippen molar-refractivity contribution in [3.05, 3.63) is 54.3 Å². The average Bonchev–Trinajstić information content (AvgIpc) is 2.27. The van der Waals surface area contributed by atoms with Gasteiger partial charge in [0.05, 0.1) is 12.7 Å². The number of ether oxygens (including phenoxy) is 1. The number of benzene rings is 1. The molecule has 0 aromatic heterocycles. The Balaban J connectivity index is 3.01. The minimum absolute atomic E-state index is 0.0109. The Morgan fingerprint density at radius 3 is 2.60 bits per heavy atom. The van der Waals surface area contributed by atoms with E-state index in [0.717, 1.165) is 0 Å². The molecule has 0 bridgehead atoms. The first-order valence-electron chi connectivity index (χ1n) is 4.32. The summed E-state index contributed by atoms with van der Waals surface area (Å²) < 4.78 is 4.98. The molecule has 0 aliphatic carbocycles. The molecule has 1 aromatic rings. The standard InChI is InChI=1S/C12H12O3/c1-8(9(2)13)12(14)10-5-4-6-11(7-10)15-3/h4-7,13H,1-2H2,3H3. The molecule has 3 heteroatoms. The van der Waals surface area contributed by atoms with Gasteiger partial charge in [-0.15, -0.1) is 0 Å². The summed E-state index contributed by atoms with van der Waals surface area (Å²) >= 11 is 0. The molecule has 15 heavy (non-hydrogen) atoms. The largest absolute Gasteiger partial charge is 0.508 e. The first-order chi connectivity index (χ1) is 7.06. The van der Waals surface area contributed by atoms with E-state index in [0.29, 0.717) is 11.3 Å². The zero-order valence-corrected chi connectivity index (χ0v) is 8.49. The highest BCUT2D eigenvalue weighted by Gasteiger charge is 2.12. The van der Waals surface area contributed by atoms with Gasteiger partial charge in [0, 0.05) is 5.56 Å². The molecule has 0 saturated carbocycles. The summed E-state index contributed by atoms with van der Waals surface area (Å²) in [7, 11) is 1.52. The van der Waals surface area contributed by atoms with E-state index in [1.54, 1.807) is 24.3 Å². The molecule has 0 aliphatic heterocycles. The Kier molecular flexibility index (Phi) is 3.29. The zero-order valence-electron chi connectivity index (χ0n) is 8.49. The van der Waals surface area contributed by atoms with E-state index in [1.165, 1.54) is 7.11 Å². The highest BCUT2D eigenvalue weighted by molar-refractivity contribution is 6.10. The molecule has 0 fully saturated rings. The third-order valence-corrected chi connectivity index (χ3v) is 1.95. The molecule has 78 valence electrons. The lowest BCUT2D eigenvalue weighted by atomic mass is 10.0. The third kappa shape index (κ3) is 2.47. The lowest BCUT2D eigenvalue weighted by Crippen LogP contribution is -2.04. The van der Waals surface area contributed by atoms with Crippen LogP contribution in [-0.4, -0.2) is 18.0 Å². The van der Waals surface area contributed by atoms with E-state index >= 15 is 0 Å².